The molecule has 0 bridgehead atoms. The molecule has 2 amide bonds. The van der Waals surface area contributed by atoms with Crippen molar-refractivity contribution in [3.8, 4) is 5.75 Å². The Balaban J connectivity index is 1.49. The highest BCUT2D eigenvalue weighted by Gasteiger charge is 2.16. The van der Waals surface area contributed by atoms with Crippen molar-refractivity contribution in [1.29, 1.82) is 0 Å². The summed E-state index contributed by atoms with van der Waals surface area (Å²) in [7, 11) is 0. The Morgan fingerprint density at radius 3 is 2.27 bits per heavy atom. The second-order valence-electron chi connectivity index (χ2n) is 8.58. The summed E-state index contributed by atoms with van der Waals surface area (Å²) in [4.78, 5) is 39.6. The number of nitrogens with one attached hydrogen (secondary N) is 2. The number of anilines is 1. The van der Waals surface area contributed by atoms with E-state index in [1.54, 1.807) is 72.8 Å². The maximum absolute atomic E-state index is 13.4. The highest BCUT2D eigenvalue weighted by Crippen LogP contribution is 2.24. The van der Waals surface area contributed by atoms with Gasteiger partial charge in [0.1, 0.15) is 11.4 Å². The normalized spacial score (nSPS) is 11.0. The molecule has 0 spiro atoms. The molecule has 6 nitrogen and oxygen atoms in total. The van der Waals surface area contributed by atoms with Crippen molar-refractivity contribution < 1.29 is 19.1 Å². The largest absolute Gasteiger partial charge is 0.494 e. The first-order valence-corrected chi connectivity index (χ1v) is 14.3. The van der Waals surface area contributed by atoms with Crippen LogP contribution in [0.5, 0.6) is 5.75 Å². The van der Waals surface area contributed by atoms with E-state index in [1.165, 1.54) is 11.8 Å². The van der Waals surface area contributed by atoms with E-state index in [2.05, 4.69) is 26.6 Å². The molecule has 0 saturated carbocycles. The molecule has 8 heteroatoms. The molecule has 0 aliphatic rings. The molecule has 2 N–H and O–H groups in total. The van der Waals surface area contributed by atoms with Crippen LogP contribution in [-0.2, 0) is 4.79 Å². The molecule has 4 aromatic carbocycles. The summed E-state index contributed by atoms with van der Waals surface area (Å²) in [5.41, 5.74) is 2.41. The summed E-state index contributed by atoms with van der Waals surface area (Å²) in [5, 5.41) is 5.61. The van der Waals surface area contributed by atoms with E-state index in [-0.39, 0.29) is 17.2 Å². The molecule has 0 aliphatic heterocycles. The van der Waals surface area contributed by atoms with Crippen molar-refractivity contribution in [2.75, 3.05) is 17.7 Å². The van der Waals surface area contributed by atoms with E-state index < -0.39 is 11.8 Å². The van der Waals surface area contributed by atoms with E-state index >= 15 is 0 Å². The Morgan fingerprint density at radius 1 is 0.850 bits per heavy atom. The van der Waals surface area contributed by atoms with Crippen LogP contribution in [0.4, 0.5) is 5.69 Å². The number of rotatable bonds is 11. The lowest BCUT2D eigenvalue weighted by Crippen LogP contribution is -2.30. The number of carbonyl (C=O) groups excluding carboxylic acids is 3. The van der Waals surface area contributed by atoms with Crippen LogP contribution in [0.15, 0.2) is 118 Å². The molecular weight excluding hydrogens is 588 g/mol. The quantitative estimate of drug-likeness (QED) is 0.106. The first kappa shape index (κ1) is 28.9. The highest BCUT2D eigenvalue weighted by molar-refractivity contribution is 9.10. The zero-order chi connectivity index (χ0) is 28.3. The van der Waals surface area contributed by atoms with Crippen LogP contribution in [0.1, 0.15) is 33.2 Å². The molecule has 0 aliphatic carbocycles. The summed E-state index contributed by atoms with van der Waals surface area (Å²) in [6.45, 7) is 2.45. The van der Waals surface area contributed by atoms with E-state index in [1.807, 2.05) is 43.3 Å². The van der Waals surface area contributed by atoms with Gasteiger partial charge in [0.25, 0.3) is 11.8 Å². The minimum atomic E-state index is -0.480. The Labute approximate surface area is 246 Å². The lowest BCUT2D eigenvalue weighted by atomic mass is 10.1. The van der Waals surface area contributed by atoms with Gasteiger partial charge in [-0.05, 0) is 73.2 Å². The standard InChI is InChI=1S/C32H27BrN2O4S/c1-2-39-27-17-11-22(12-18-27)19-29(35-31(37)24-7-4-3-5-8-24)32(38)34-26-9-6-10-28(20-26)40-21-30(36)23-13-15-25(33)16-14-23/h3-20H,2,21H2,1H3,(H,34,38)(H,35,37)/b29-19-. The van der Waals surface area contributed by atoms with Crippen LogP contribution in [0.25, 0.3) is 6.08 Å². The number of hydrogen-bond donors (Lipinski definition) is 2. The molecule has 0 heterocycles. The molecule has 0 unspecified atom stereocenters. The van der Waals surface area contributed by atoms with Gasteiger partial charge in [-0.1, -0.05) is 64.5 Å². The first-order valence-electron chi connectivity index (χ1n) is 12.5. The van der Waals surface area contributed by atoms with Crippen molar-refractivity contribution in [2.45, 2.75) is 11.8 Å². The molecule has 0 aromatic heterocycles. The molecule has 0 radical (unpaired) electrons. The highest BCUT2D eigenvalue weighted by atomic mass is 79.9. The monoisotopic (exact) mass is 614 g/mol. The van der Waals surface area contributed by atoms with Crippen molar-refractivity contribution in [3.05, 3.63) is 130 Å². The fourth-order valence-electron chi connectivity index (χ4n) is 3.67. The van der Waals surface area contributed by atoms with Gasteiger partial charge in [-0.15, -0.1) is 11.8 Å². The molecule has 4 rings (SSSR count). The number of ketones is 1. The number of hydrogen-bond acceptors (Lipinski definition) is 5. The summed E-state index contributed by atoms with van der Waals surface area (Å²) < 4.78 is 6.41. The van der Waals surface area contributed by atoms with Gasteiger partial charge in [-0.3, -0.25) is 14.4 Å². The maximum Gasteiger partial charge on any atom is 0.272 e. The fourth-order valence-corrected chi connectivity index (χ4v) is 4.78. The Morgan fingerprint density at radius 2 is 1.57 bits per heavy atom. The van der Waals surface area contributed by atoms with Crippen molar-refractivity contribution in [2.24, 2.45) is 0 Å². The molecule has 0 fully saturated rings. The van der Waals surface area contributed by atoms with Gasteiger partial charge in [-0.25, -0.2) is 0 Å². The Hall–Kier alpha value is -4.14. The minimum absolute atomic E-state index is 0.0103. The van der Waals surface area contributed by atoms with Crippen molar-refractivity contribution >= 4 is 57.1 Å². The SMILES string of the molecule is CCOc1ccc(/C=C(\NC(=O)c2ccccc2)C(=O)Nc2cccc(SCC(=O)c3ccc(Br)cc3)c2)cc1. The second-order valence-corrected chi connectivity index (χ2v) is 10.5. The zero-order valence-electron chi connectivity index (χ0n) is 21.7. The summed E-state index contributed by atoms with van der Waals surface area (Å²) >= 11 is 4.76. The van der Waals surface area contributed by atoms with Crippen LogP contribution >= 0.6 is 27.7 Å². The number of Topliss-reactive ketones (excluding diaryl/α,β-unsaturated/α-hetero) is 1. The predicted molar refractivity (Wildman–Crippen MR) is 164 cm³/mol. The van der Waals surface area contributed by atoms with Gasteiger partial charge >= 0.3 is 0 Å². The zero-order valence-corrected chi connectivity index (χ0v) is 24.1. The van der Waals surface area contributed by atoms with Crippen molar-refractivity contribution in [3.63, 3.8) is 0 Å². The van der Waals surface area contributed by atoms with E-state index in [0.717, 1.165) is 14.9 Å². The van der Waals surface area contributed by atoms with Gasteiger partial charge in [0, 0.05) is 26.2 Å². The molecule has 0 saturated heterocycles. The topological polar surface area (TPSA) is 84.5 Å². The average molecular weight is 616 g/mol. The number of carbonyl (C=O) groups is 3. The van der Waals surface area contributed by atoms with Crippen LogP contribution in [0, 0.1) is 0 Å². The molecule has 0 atom stereocenters. The maximum atomic E-state index is 13.4. The Bertz CT molecular complexity index is 1500. The van der Waals surface area contributed by atoms with E-state index in [0.29, 0.717) is 29.2 Å². The summed E-state index contributed by atoms with van der Waals surface area (Å²) in [6.07, 6.45) is 1.61. The van der Waals surface area contributed by atoms with E-state index in [9.17, 15) is 14.4 Å². The van der Waals surface area contributed by atoms with Gasteiger partial charge < -0.3 is 15.4 Å². The number of ether oxygens (including phenoxy) is 1. The molecule has 40 heavy (non-hydrogen) atoms. The minimum Gasteiger partial charge on any atom is -0.494 e. The number of benzene rings is 4. The summed E-state index contributed by atoms with van der Waals surface area (Å²) in [6, 6.07) is 30.4. The van der Waals surface area contributed by atoms with Gasteiger partial charge in [0.15, 0.2) is 5.78 Å². The van der Waals surface area contributed by atoms with Crippen LogP contribution in [0.2, 0.25) is 0 Å². The molecular formula is C32H27BrN2O4S. The second kappa shape index (κ2) is 14.3. The number of thioether (sulfide) groups is 1. The third-order valence-electron chi connectivity index (χ3n) is 5.66. The van der Waals surface area contributed by atoms with Crippen LogP contribution in [-0.4, -0.2) is 30.0 Å². The lowest BCUT2D eigenvalue weighted by molar-refractivity contribution is -0.113. The van der Waals surface area contributed by atoms with Gasteiger partial charge in [0.05, 0.1) is 12.4 Å². The van der Waals surface area contributed by atoms with E-state index in [4.69, 9.17) is 4.74 Å². The lowest BCUT2D eigenvalue weighted by Gasteiger charge is -2.12. The smallest absolute Gasteiger partial charge is 0.272 e. The first-order chi connectivity index (χ1) is 19.4. The average Bonchev–Trinajstić information content (AvgIpc) is 2.97. The summed E-state index contributed by atoms with van der Waals surface area (Å²) in [5.74, 6) is 0.104. The van der Waals surface area contributed by atoms with Gasteiger partial charge in [-0.2, -0.15) is 0 Å². The van der Waals surface area contributed by atoms with Crippen LogP contribution < -0.4 is 15.4 Å². The van der Waals surface area contributed by atoms with Gasteiger partial charge in [0.2, 0.25) is 0 Å². The van der Waals surface area contributed by atoms with Crippen LogP contribution in [0.3, 0.4) is 0 Å². The number of halogens is 1. The Kier molecular flexibility index (Phi) is 10.3. The van der Waals surface area contributed by atoms with Crippen molar-refractivity contribution in [1.82, 2.24) is 5.32 Å². The number of amides is 2. The third kappa shape index (κ3) is 8.43. The molecule has 202 valence electrons. The predicted octanol–water partition coefficient (Wildman–Crippen LogP) is 7.23. The fraction of sp³-hybridized carbons (Fsp3) is 0.0938. The molecule has 4 aromatic rings. The third-order valence-corrected chi connectivity index (χ3v) is 7.18.